The molecule has 0 atom stereocenters. The highest BCUT2D eigenvalue weighted by molar-refractivity contribution is 14.1. The van der Waals surface area contributed by atoms with Gasteiger partial charge in [0.05, 0.1) is 18.7 Å². The third-order valence-corrected chi connectivity index (χ3v) is 4.71. The molecule has 0 aromatic heterocycles. The van der Waals surface area contributed by atoms with E-state index in [0.29, 0.717) is 55.0 Å². The molecule has 1 saturated heterocycles. The largest absolute Gasteiger partial charge is 0.383 e. The molecule has 132 valence electrons. The maximum Gasteiger partial charge on any atom is 0.255 e. The minimum atomic E-state index is -0.347. The summed E-state index contributed by atoms with van der Waals surface area (Å²) in [6.45, 7) is 3.69. The molecule has 2 amide bonds. The third kappa shape index (κ3) is 5.38. The van der Waals surface area contributed by atoms with Crippen LogP contribution in [0, 0.1) is 9.39 Å². The normalized spacial score (nSPS) is 15.4. The summed E-state index contributed by atoms with van der Waals surface area (Å²) in [4.78, 5) is 28.1. The summed E-state index contributed by atoms with van der Waals surface area (Å²) in [6, 6.07) is 4.18. The number of carbonyl (C=O) groups is 2. The van der Waals surface area contributed by atoms with Crippen LogP contribution >= 0.6 is 22.6 Å². The Bertz CT molecular complexity index is 592. The summed E-state index contributed by atoms with van der Waals surface area (Å²) in [5, 5.41) is 2.78. The molecule has 1 aromatic carbocycles. The Morgan fingerprint density at radius 2 is 2.00 bits per heavy atom. The molecule has 8 heteroatoms. The fourth-order valence-corrected chi connectivity index (χ4v) is 3.20. The summed E-state index contributed by atoms with van der Waals surface area (Å²) >= 11 is 1.97. The van der Waals surface area contributed by atoms with E-state index in [0.717, 1.165) is 0 Å². The van der Waals surface area contributed by atoms with Crippen molar-refractivity contribution in [3.8, 4) is 0 Å². The third-order valence-electron chi connectivity index (χ3n) is 3.82. The van der Waals surface area contributed by atoms with Crippen LogP contribution in [0.3, 0.4) is 0 Å². The smallest absolute Gasteiger partial charge is 0.255 e. The van der Waals surface area contributed by atoms with Crippen LogP contribution < -0.4 is 5.32 Å². The van der Waals surface area contributed by atoms with Crippen LogP contribution in [0.5, 0.6) is 0 Å². The van der Waals surface area contributed by atoms with Crippen LogP contribution in [0.2, 0.25) is 0 Å². The van der Waals surface area contributed by atoms with Crippen molar-refractivity contribution in [3.05, 3.63) is 33.1 Å². The minimum absolute atomic E-state index is 0.0418. The zero-order valence-electron chi connectivity index (χ0n) is 13.6. The van der Waals surface area contributed by atoms with Crippen molar-refractivity contribution >= 4 is 34.4 Å². The van der Waals surface area contributed by atoms with E-state index in [1.807, 2.05) is 27.5 Å². The van der Waals surface area contributed by atoms with Gasteiger partial charge < -0.3 is 15.0 Å². The summed E-state index contributed by atoms with van der Waals surface area (Å²) in [7, 11) is 1.59. The van der Waals surface area contributed by atoms with Gasteiger partial charge in [-0.3, -0.25) is 14.5 Å². The van der Waals surface area contributed by atoms with Gasteiger partial charge in [-0.15, -0.1) is 0 Å². The van der Waals surface area contributed by atoms with E-state index in [9.17, 15) is 14.0 Å². The number of hydrogen-bond acceptors (Lipinski definition) is 4. The maximum atomic E-state index is 13.2. The van der Waals surface area contributed by atoms with Gasteiger partial charge in [-0.05, 0) is 40.8 Å². The molecule has 0 unspecified atom stereocenters. The number of nitrogens with one attached hydrogen (secondary N) is 1. The van der Waals surface area contributed by atoms with E-state index in [4.69, 9.17) is 4.74 Å². The number of piperazine rings is 1. The van der Waals surface area contributed by atoms with Gasteiger partial charge >= 0.3 is 0 Å². The van der Waals surface area contributed by atoms with Crippen molar-refractivity contribution in [2.75, 3.05) is 53.0 Å². The predicted octanol–water partition coefficient (Wildman–Crippen LogP) is 0.951. The van der Waals surface area contributed by atoms with Gasteiger partial charge in [-0.2, -0.15) is 0 Å². The van der Waals surface area contributed by atoms with Gasteiger partial charge in [0.2, 0.25) is 5.91 Å². The first-order valence-corrected chi connectivity index (χ1v) is 8.81. The molecule has 1 aliphatic heterocycles. The van der Waals surface area contributed by atoms with Crippen LogP contribution in [0.4, 0.5) is 4.39 Å². The number of carbonyl (C=O) groups excluding carboxylic acids is 2. The molecule has 1 aliphatic rings. The number of hydrogen-bond donors (Lipinski definition) is 1. The first-order chi connectivity index (χ1) is 11.5. The monoisotopic (exact) mass is 449 g/mol. The van der Waals surface area contributed by atoms with Crippen LogP contribution in [-0.4, -0.2) is 74.6 Å². The molecule has 0 saturated carbocycles. The standard InChI is InChI=1S/C16H21FIN3O3/c1-24-9-4-19-15(22)11-20-5-7-21(8-6-20)16(23)13-3-2-12(17)10-14(13)18/h2-3,10H,4-9,11H2,1H3,(H,19,22). The lowest BCUT2D eigenvalue weighted by Crippen LogP contribution is -2.51. The summed E-state index contributed by atoms with van der Waals surface area (Å²) in [5.41, 5.74) is 0.516. The number of benzene rings is 1. The quantitative estimate of drug-likeness (QED) is 0.519. The van der Waals surface area contributed by atoms with E-state index in [1.54, 1.807) is 12.0 Å². The van der Waals surface area contributed by atoms with Gasteiger partial charge in [0.15, 0.2) is 0 Å². The fraction of sp³-hybridized carbons (Fsp3) is 0.500. The Labute approximate surface area is 154 Å². The molecular formula is C16H21FIN3O3. The van der Waals surface area contributed by atoms with E-state index in [2.05, 4.69) is 5.32 Å². The number of nitrogens with zero attached hydrogens (tertiary/aromatic N) is 2. The lowest BCUT2D eigenvalue weighted by Gasteiger charge is -2.34. The molecule has 6 nitrogen and oxygen atoms in total. The van der Waals surface area contributed by atoms with E-state index < -0.39 is 0 Å². The molecule has 0 spiro atoms. The maximum absolute atomic E-state index is 13.2. The molecule has 0 aliphatic carbocycles. The molecule has 1 aromatic rings. The molecule has 24 heavy (non-hydrogen) atoms. The van der Waals surface area contributed by atoms with E-state index >= 15 is 0 Å². The van der Waals surface area contributed by atoms with Crippen molar-refractivity contribution in [1.29, 1.82) is 0 Å². The Kier molecular flexibility index (Phi) is 7.38. The zero-order valence-corrected chi connectivity index (χ0v) is 15.7. The number of methoxy groups -OCH3 is 1. The van der Waals surface area contributed by atoms with Gasteiger partial charge in [-0.1, -0.05) is 0 Å². The summed E-state index contributed by atoms with van der Waals surface area (Å²) in [6.07, 6.45) is 0. The first kappa shape index (κ1) is 19.1. The second kappa shape index (κ2) is 9.28. The van der Waals surface area contributed by atoms with Crippen LogP contribution in [0.25, 0.3) is 0 Å². The predicted molar refractivity (Wildman–Crippen MR) is 96.3 cm³/mol. The van der Waals surface area contributed by atoms with Gasteiger partial charge in [0.25, 0.3) is 5.91 Å². The highest BCUT2D eigenvalue weighted by Gasteiger charge is 2.24. The molecular weight excluding hydrogens is 428 g/mol. The number of ether oxygens (including phenoxy) is 1. The Morgan fingerprint density at radius 3 is 2.62 bits per heavy atom. The second-order valence-electron chi connectivity index (χ2n) is 5.54. The SMILES string of the molecule is COCCNC(=O)CN1CCN(C(=O)c2ccc(F)cc2I)CC1. The lowest BCUT2D eigenvalue weighted by molar-refractivity contribution is -0.122. The van der Waals surface area contributed by atoms with Crippen molar-refractivity contribution in [1.82, 2.24) is 15.1 Å². The number of halogens is 2. The highest BCUT2D eigenvalue weighted by atomic mass is 127. The molecule has 1 heterocycles. The average molecular weight is 449 g/mol. The highest BCUT2D eigenvalue weighted by Crippen LogP contribution is 2.17. The second-order valence-corrected chi connectivity index (χ2v) is 6.70. The Hall–Kier alpha value is -1.26. The van der Waals surface area contributed by atoms with Crippen LogP contribution in [0.1, 0.15) is 10.4 Å². The van der Waals surface area contributed by atoms with E-state index in [-0.39, 0.29) is 17.6 Å². The number of rotatable bonds is 6. The molecule has 1 fully saturated rings. The zero-order chi connectivity index (χ0) is 17.5. The van der Waals surface area contributed by atoms with E-state index in [1.165, 1.54) is 18.2 Å². The van der Waals surface area contributed by atoms with Gasteiger partial charge in [0.1, 0.15) is 5.82 Å². The van der Waals surface area contributed by atoms with Crippen molar-refractivity contribution in [3.63, 3.8) is 0 Å². The Balaban J connectivity index is 1.81. The molecule has 0 radical (unpaired) electrons. The first-order valence-electron chi connectivity index (χ1n) is 7.73. The van der Waals surface area contributed by atoms with Crippen LogP contribution in [-0.2, 0) is 9.53 Å². The molecule has 1 N–H and O–H groups in total. The topological polar surface area (TPSA) is 61.9 Å². The summed E-state index contributed by atoms with van der Waals surface area (Å²) < 4.78 is 18.6. The minimum Gasteiger partial charge on any atom is -0.383 e. The Morgan fingerprint density at radius 1 is 1.29 bits per heavy atom. The number of amides is 2. The summed E-state index contributed by atoms with van der Waals surface area (Å²) in [5.74, 6) is -0.483. The van der Waals surface area contributed by atoms with Gasteiger partial charge in [0, 0.05) is 43.4 Å². The van der Waals surface area contributed by atoms with Crippen molar-refractivity contribution in [2.24, 2.45) is 0 Å². The average Bonchev–Trinajstić information content (AvgIpc) is 2.55. The van der Waals surface area contributed by atoms with Crippen LogP contribution in [0.15, 0.2) is 18.2 Å². The lowest BCUT2D eigenvalue weighted by atomic mass is 10.1. The fourth-order valence-electron chi connectivity index (χ4n) is 2.49. The molecule has 2 rings (SSSR count). The van der Waals surface area contributed by atoms with Crippen molar-refractivity contribution in [2.45, 2.75) is 0 Å². The molecule has 0 bridgehead atoms. The van der Waals surface area contributed by atoms with Gasteiger partial charge in [-0.25, -0.2) is 4.39 Å². The van der Waals surface area contributed by atoms with Crippen molar-refractivity contribution < 1.29 is 18.7 Å².